The molecular weight excluding hydrogens is 357 g/mol. The summed E-state index contributed by atoms with van der Waals surface area (Å²) in [6.07, 6.45) is 0. The molecule has 0 spiro atoms. The highest BCUT2D eigenvalue weighted by Crippen LogP contribution is 2.28. The SMILES string of the molecule is O=C(Nc1ccccc1-c1ccccc1)c1cc(F)ccc1Br. The molecule has 0 saturated carbocycles. The quantitative estimate of drug-likeness (QED) is 0.647. The van der Waals surface area contributed by atoms with Crippen LogP contribution in [0.25, 0.3) is 11.1 Å². The molecule has 0 aromatic heterocycles. The maximum Gasteiger partial charge on any atom is 0.256 e. The molecule has 1 N–H and O–H groups in total. The number of carbonyl (C=O) groups excluding carboxylic acids is 1. The lowest BCUT2D eigenvalue weighted by Gasteiger charge is -2.12. The normalized spacial score (nSPS) is 10.3. The van der Waals surface area contributed by atoms with Gasteiger partial charge >= 0.3 is 0 Å². The molecule has 0 heterocycles. The van der Waals surface area contributed by atoms with Crippen molar-refractivity contribution in [3.05, 3.63) is 88.6 Å². The summed E-state index contributed by atoms with van der Waals surface area (Å²) in [5.74, 6) is -0.811. The first kappa shape index (κ1) is 15.4. The molecule has 0 fully saturated rings. The lowest BCUT2D eigenvalue weighted by atomic mass is 10.0. The summed E-state index contributed by atoms with van der Waals surface area (Å²) in [6.45, 7) is 0. The van der Waals surface area contributed by atoms with E-state index < -0.39 is 5.82 Å². The van der Waals surface area contributed by atoms with Crippen LogP contribution in [0.5, 0.6) is 0 Å². The molecule has 114 valence electrons. The summed E-state index contributed by atoms with van der Waals surface area (Å²) in [5, 5.41) is 2.86. The second kappa shape index (κ2) is 6.75. The predicted octanol–water partition coefficient (Wildman–Crippen LogP) is 5.51. The summed E-state index contributed by atoms with van der Waals surface area (Å²) in [6, 6.07) is 21.3. The first-order chi connectivity index (χ1) is 11.1. The summed E-state index contributed by atoms with van der Waals surface area (Å²) in [7, 11) is 0. The van der Waals surface area contributed by atoms with Crippen LogP contribution in [-0.4, -0.2) is 5.91 Å². The van der Waals surface area contributed by atoms with E-state index >= 15 is 0 Å². The van der Waals surface area contributed by atoms with E-state index in [1.807, 2.05) is 54.6 Å². The van der Waals surface area contributed by atoms with Crippen LogP contribution in [0.1, 0.15) is 10.4 Å². The number of rotatable bonds is 3. The molecule has 3 aromatic rings. The molecular formula is C19H13BrFNO. The van der Waals surface area contributed by atoms with Gasteiger partial charge in [0, 0.05) is 15.7 Å². The highest BCUT2D eigenvalue weighted by molar-refractivity contribution is 9.10. The van der Waals surface area contributed by atoms with Gasteiger partial charge in [-0.05, 0) is 45.8 Å². The van der Waals surface area contributed by atoms with Gasteiger partial charge in [-0.25, -0.2) is 4.39 Å². The Balaban J connectivity index is 1.95. The van der Waals surface area contributed by atoms with Crippen molar-refractivity contribution in [1.29, 1.82) is 0 Å². The van der Waals surface area contributed by atoms with E-state index in [9.17, 15) is 9.18 Å². The zero-order valence-electron chi connectivity index (χ0n) is 12.1. The summed E-state index contributed by atoms with van der Waals surface area (Å²) in [5.41, 5.74) is 2.85. The van der Waals surface area contributed by atoms with E-state index in [4.69, 9.17) is 0 Å². The summed E-state index contributed by atoms with van der Waals surface area (Å²) in [4.78, 5) is 12.5. The third-order valence-corrected chi connectivity index (χ3v) is 4.12. The van der Waals surface area contributed by atoms with Gasteiger partial charge in [0.05, 0.1) is 5.56 Å². The lowest BCUT2D eigenvalue weighted by molar-refractivity contribution is 0.102. The number of hydrogen-bond donors (Lipinski definition) is 1. The van der Waals surface area contributed by atoms with Crippen LogP contribution in [0.15, 0.2) is 77.3 Å². The van der Waals surface area contributed by atoms with Gasteiger partial charge in [0.1, 0.15) is 5.82 Å². The maximum atomic E-state index is 13.4. The number of benzene rings is 3. The van der Waals surface area contributed by atoms with E-state index in [-0.39, 0.29) is 11.5 Å². The number of carbonyl (C=O) groups is 1. The Hall–Kier alpha value is -2.46. The zero-order chi connectivity index (χ0) is 16.2. The van der Waals surface area contributed by atoms with Crippen LogP contribution >= 0.6 is 15.9 Å². The number of nitrogens with one attached hydrogen (secondary N) is 1. The molecule has 0 bridgehead atoms. The zero-order valence-corrected chi connectivity index (χ0v) is 13.7. The molecule has 0 aliphatic heterocycles. The maximum absolute atomic E-state index is 13.4. The van der Waals surface area contributed by atoms with Crippen LogP contribution in [0, 0.1) is 5.82 Å². The Morgan fingerprint density at radius 1 is 0.913 bits per heavy atom. The average Bonchev–Trinajstić information content (AvgIpc) is 2.58. The van der Waals surface area contributed by atoms with Gasteiger partial charge in [-0.2, -0.15) is 0 Å². The van der Waals surface area contributed by atoms with Crippen LogP contribution in [0.3, 0.4) is 0 Å². The largest absolute Gasteiger partial charge is 0.321 e. The molecule has 3 aromatic carbocycles. The Kier molecular flexibility index (Phi) is 4.53. The van der Waals surface area contributed by atoms with Gasteiger partial charge in [0.25, 0.3) is 5.91 Å². The first-order valence-electron chi connectivity index (χ1n) is 7.06. The Morgan fingerprint density at radius 3 is 2.39 bits per heavy atom. The molecule has 3 rings (SSSR count). The topological polar surface area (TPSA) is 29.1 Å². The smallest absolute Gasteiger partial charge is 0.256 e. The molecule has 1 amide bonds. The number of halogens is 2. The fraction of sp³-hybridized carbons (Fsp3) is 0. The van der Waals surface area contributed by atoms with Crippen LogP contribution < -0.4 is 5.32 Å². The third-order valence-electron chi connectivity index (χ3n) is 3.43. The molecule has 0 saturated heterocycles. The van der Waals surface area contributed by atoms with Crippen molar-refractivity contribution in [2.24, 2.45) is 0 Å². The number of para-hydroxylation sites is 1. The first-order valence-corrected chi connectivity index (χ1v) is 7.85. The molecule has 0 radical (unpaired) electrons. The minimum absolute atomic E-state index is 0.257. The predicted molar refractivity (Wildman–Crippen MR) is 93.9 cm³/mol. The van der Waals surface area contributed by atoms with Crippen LogP contribution in [-0.2, 0) is 0 Å². The number of hydrogen-bond acceptors (Lipinski definition) is 1. The van der Waals surface area contributed by atoms with E-state index in [0.29, 0.717) is 10.2 Å². The molecule has 0 unspecified atom stereocenters. The van der Waals surface area contributed by atoms with Gasteiger partial charge in [-0.3, -0.25) is 4.79 Å². The average molecular weight is 370 g/mol. The second-order valence-corrected chi connectivity index (χ2v) is 5.84. The van der Waals surface area contributed by atoms with Gasteiger partial charge < -0.3 is 5.32 Å². The Morgan fingerprint density at radius 2 is 1.61 bits per heavy atom. The van der Waals surface area contributed by atoms with Crippen molar-refractivity contribution >= 4 is 27.5 Å². The van der Waals surface area contributed by atoms with Gasteiger partial charge in [0.2, 0.25) is 0 Å². The molecule has 0 aliphatic carbocycles. The van der Waals surface area contributed by atoms with Gasteiger partial charge in [-0.1, -0.05) is 48.5 Å². The monoisotopic (exact) mass is 369 g/mol. The second-order valence-electron chi connectivity index (χ2n) is 4.99. The molecule has 0 atom stereocenters. The van der Waals surface area contributed by atoms with Gasteiger partial charge in [0.15, 0.2) is 0 Å². The van der Waals surface area contributed by atoms with Crippen LogP contribution in [0.2, 0.25) is 0 Å². The molecule has 0 aliphatic rings. The molecule has 4 heteroatoms. The minimum atomic E-state index is -0.449. The van der Waals surface area contributed by atoms with Crippen molar-refractivity contribution in [1.82, 2.24) is 0 Å². The van der Waals surface area contributed by atoms with Crippen LogP contribution in [0.4, 0.5) is 10.1 Å². The highest BCUT2D eigenvalue weighted by atomic mass is 79.9. The lowest BCUT2D eigenvalue weighted by Crippen LogP contribution is -2.13. The van der Waals surface area contributed by atoms with Crippen molar-refractivity contribution < 1.29 is 9.18 Å². The Labute approximate surface area is 142 Å². The van der Waals surface area contributed by atoms with Crippen molar-refractivity contribution in [3.8, 4) is 11.1 Å². The minimum Gasteiger partial charge on any atom is -0.321 e. The fourth-order valence-corrected chi connectivity index (χ4v) is 2.75. The van der Waals surface area contributed by atoms with E-state index in [1.165, 1.54) is 18.2 Å². The van der Waals surface area contributed by atoms with E-state index in [0.717, 1.165) is 11.1 Å². The number of amides is 1. The molecule has 23 heavy (non-hydrogen) atoms. The highest BCUT2D eigenvalue weighted by Gasteiger charge is 2.13. The van der Waals surface area contributed by atoms with E-state index in [2.05, 4.69) is 21.2 Å². The van der Waals surface area contributed by atoms with Crippen molar-refractivity contribution in [2.45, 2.75) is 0 Å². The Bertz CT molecular complexity index is 849. The van der Waals surface area contributed by atoms with Gasteiger partial charge in [-0.15, -0.1) is 0 Å². The fourth-order valence-electron chi connectivity index (χ4n) is 2.32. The molecule has 2 nitrogen and oxygen atoms in total. The summed E-state index contributed by atoms with van der Waals surface area (Å²) < 4.78 is 13.9. The summed E-state index contributed by atoms with van der Waals surface area (Å²) >= 11 is 3.28. The van der Waals surface area contributed by atoms with Crippen molar-refractivity contribution in [2.75, 3.05) is 5.32 Å². The van der Waals surface area contributed by atoms with E-state index in [1.54, 1.807) is 0 Å². The number of anilines is 1. The standard InChI is InChI=1S/C19H13BrFNO/c20-17-11-10-14(21)12-16(17)19(23)22-18-9-5-4-8-15(18)13-6-2-1-3-7-13/h1-12H,(H,22,23). The third kappa shape index (κ3) is 3.48. The van der Waals surface area contributed by atoms with Crippen molar-refractivity contribution in [3.63, 3.8) is 0 Å².